The Morgan fingerprint density at radius 1 is 1.21 bits per heavy atom. The fraction of sp³-hybridized carbons (Fsp3) is 0.286. The lowest BCUT2D eigenvalue weighted by molar-refractivity contribution is -0.113. The van der Waals surface area contributed by atoms with Crippen molar-refractivity contribution in [2.45, 2.75) is 0 Å². The zero-order valence-electron chi connectivity index (χ0n) is 10.5. The van der Waals surface area contributed by atoms with Gasteiger partial charge in [0.1, 0.15) is 0 Å². The largest absolute Gasteiger partial charge is 0.348 e. The number of nitrogens with zero attached hydrogens (tertiary/aromatic N) is 2. The van der Waals surface area contributed by atoms with Gasteiger partial charge in [0.05, 0.1) is 4.91 Å². The molecule has 19 heavy (non-hydrogen) atoms. The molecule has 4 nitrogen and oxygen atoms in total. The Hall–Kier alpha value is -1.59. The van der Waals surface area contributed by atoms with Gasteiger partial charge in [0.2, 0.25) is 0 Å². The summed E-state index contributed by atoms with van der Waals surface area (Å²) in [5.41, 5.74) is 1.04. The predicted octanol–water partition coefficient (Wildman–Crippen LogP) is 1.56. The number of carbonyl (C=O) groups excluding carboxylic acids is 1. The average molecular weight is 273 g/mol. The Labute approximate surface area is 116 Å². The number of carbonyl (C=O) groups is 1. The molecule has 2 aliphatic heterocycles. The summed E-state index contributed by atoms with van der Waals surface area (Å²) in [7, 11) is 0. The molecule has 0 aliphatic carbocycles. The van der Waals surface area contributed by atoms with Gasteiger partial charge in [0.15, 0.2) is 5.17 Å². The summed E-state index contributed by atoms with van der Waals surface area (Å²) in [5.74, 6) is -0.123. The molecule has 1 amide bonds. The van der Waals surface area contributed by atoms with Crippen molar-refractivity contribution in [1.29, 1.82) is 0 Å². The van der Waals surface area contributed by atoms with Crippen molar-refractivity contribution in [2.24, 2.45) is 4.99 Å². The van der Waals surface area contributed by atoms with E-state index >= 15 is 0 Å². The highest BCUT2D eigenvalue weighted by Crippen LogP contribution is 2.30. The van der Waals surface area contributed by atoms with Gasteiger partial charge >= 0.3 is 0 Å². The lowest BCUT2D eigenvalue weighted by Crippen LogP contribution is -2.45. The molecule has 1 saturated heterocycles. The van der Waals surface area contributed by atoms with Crippen molar-refractivity contribution in [3.05, 3.63) is 40.8 Å². The molecular weight excluding hydrogens is 258 g/mol. The summed E-state index contributed by atoms with van der Waals surface area (Å²) in [6, 6.07) is 9.88. The second-order valence-corrected chi connectivity index (χ2v) is 5.47. The number of piperazine rings is 1. The average Bonchev–Trinajstić information content (AvgIpc) is 2.82. The number of hydrogen-bond acceptors (Lipinski definition) is 4. The van der Waals surface area contributed by atoms with Crippen LogP contribution in [0.5, 0.6) is 0 Å². The molecule has 0 atom stereocenters. The molecule has 1 N–H and O–H groups in total. The second kappa shape index (κ2) is 5.59. The lowest BCUT2D eigenvalue weighted by atomic mass is 10.2. The van der Waals surface area contributed by atoms with Gasteiger partial charge in [-0.2, -0.15) is 4.99 Å². The SMILES string of the molecule is O=C1N=C(N2CCNCC2)S/C1=C/c1ccccc1. The summed E-state index contributed by atoms with van der Waals surface area (Å²) in [6.07, 6.45) is 1.91. The number of hydrogen-bond donors (Lipinski definition) is 1. The molecule has 0 radical (unpaired) electrons. The van der Waals surface area contributed by atoms with Crippen LogP contribution in [-0.2, 0) is 4.79 Å². The van der Waals surface area contributed by atoms with E-state index in [1.165, 1.54) is 11.8 Å². The number of nitrogens with one attached hydrogen (secondary N) is 1. The molecule has 0 aromatic heterocycles. The highest BCUT2D eigenvalue weighted by Gasteiger charge is 2.26. The molecule has 0 unspecified atom stereocenters. The van der Waals surface area contributed by atoms with Crippen LogP contribution >= 0.6 is 11.8 Å². The van der Waals surface area contributed by atoms with Crippen molar-refractivity contribution >= 4 is 28.9 Å². The summed E-state index contributed by atoms with van der Waals surface area (Å²) < 4.78 is 0. The van der Waals surface area contributed by atoms with Gasteiger partial charge in [-0.3, -0.25) is 4.79 Å². The summed E-state index contributed by atoms with van der Waals surface area (Å²) in [6.45, 7) is 3.73. The Kier molecular flexibility index (Phi) is 3.66. The first kappa shape index (κ1) is 12.4. The van der Waals surface area contributed by atoms with Crippen LogP contribution in [0.3, 0.4) is 0 Å². The molecule has 2 aliphatic rings. The third kappa shape index (κ3) is 2.88. The maximum absolute atomic E-state index is 11.9. The third-order valence-electron chi connectivity index (χ3n) is 3.09. The maximum Gasteiger partial charge on any atom is 0.286 e. The standard InChI is InChI=1S/C14H15N3OS/c18-13-12(10-11-4-2-1-3-5-11)19-14(16-13)17-8-6-15-7-9-17/h1-5,10,15H,6-9H2/b12-10+. The van der Waals surface area contributed by atoms with E-state index in [2.05, 4.69) is 15.2 Å². The lowest BCUT2D eigenvalue weighted by Gasteiger charge is -2.27. The number of amidine groups is 1. The second-order valence-electron chi connectivity index (χ2n) is 4.46. The minimum Gasteiger partial charge on any atom is -0.348 e. The molecule has 0 spiro atoms. The highest BCUT2D eigenvalue weighted by molar-refractivity contribution is 8.18. The molecule has 0 bridgehead atoms. The summed E-state index contributed by atoms with van der Waals surface area (Å²) in [4.78, 5) is 19.0. The number of rotatable bonds is 1. The van der Waals surface area contributed by atoms with Crippen molar-refractivity contribution in [2.75, 3.05) is 26.2 Å². The van der Waals surface area contributed by atoms with Crippen LogP contribution in [0.1, 0.15) is 5.56 Å². The predicted molar refractivity (Wildman–Crippen MR) is 78.9 cm³/mol. The fourth-order valence-corrected chi connectivity index (χ4v) is 3.05. The number of benzene rings is 1. The minimum absolute atomic E-state index is 0.123. The van der Waals surface area contributed by atoms with E-state index in [0.29, 0.717) is 4.91 Å². The highest BCUT2D eigenvalue weighted by atomic mass is 32.2. The van der Waals surface area contributed by atoms with Crippen molar-refractivity contribution < 1.29 is 4.79 Å². The molecule has 1 aromatic rings. The van der Waals surface area contributed by atoms with Gasteiger partial charge < -0.3 is 10.2 Å². The zero-order valence-corrected chi connectivity index (χ0v) is 11.3. The molecular formula is C14H15N3OS. The third-order valence-corrected chi connectivity index (χ3v) is 4.14. The number of thioether (sulfide) groups is 1. The normalized spacial score (nSPS) is 21.9. The quantitative estimate of drug-likeness (QED) is 0.789. The topological polar surface area (TPSA) is 44.7 Å². The molecule has 1 aromatic carbocycles. The van der Waals surface area contributed by atoms with Gasteiger partial charge in [-0.05, 0) is 23.4 Å². The van der Waals surface area contributed by atoms with E-state index in [0.717, 1.165) is 36.9 Å². The van der Waals surface area contributed by atoms with E-state index in [4.69, 9.17) is 0 Å². The van der Waals surface area contributed by atoms with Crippen LogP contribution in [0.15, 0.2) is 40.2 Å². The first-order valence-corrected chi connectivity index (χ1v) is 7.18. The Morgan fingerprint density at radius 3 is 2.68 bits per heavy atom. The van der Waals surface area contributed by atoms with Gasteiger partial charge in [0.25, 0.3) is 5.91 Å². The van der Waals surface area contributed by atoms with Gasteiger partial charge in [-0.25, -0.2) is 0 Å². The molecule has 0 saturated carbocycles. The van der Waals surface area contributed by atoms with E-state index in [1.54, 1.807) is 0 Å². The van der Waals surface area contributed by atoms with E-state index in [-0.39, 0.29) is 5.91 Å². The van der Waals surface area contributed by atoms with Crippen molar-refractivity contribution in [3.63, 3.8) is 0 Å². The van der Waals surface area contributed by atoms with Crippen LogP contribution in [0.2, 0.25) is 0 Å². The summed E-state index contributed by atoms with van der Waals surface area (Å²) >= 11 is 1.48. The Bertz CT molecular complexity index is 533. The van der Waals surface area contributed by atoms with Crippen LogP contribution < -0.4 is 5.32 Å². The fourth-order valence-electron chi connectivity index (χ4n) is 2.09. The van der Waals surface area contributed by atoms with Crippen LogP contribution in [0.4, 0.5) is 0 Å². The van der Waals surface area contributed by atoms with Crippen LogP contribution in [0.25, 0.3) is 6.08 Å². The minimum atomic E-state index is -0.123. The van der Waals surface area contributed by atoms with Gasteiger partial charge in [-0.1, -0.05) is 30.3 Å². The first-order valence-electron chi connectivity index (χ1n) is 6.36. The monoisotopic (exact) mass is 273 g/mol. The molecule has 5 heteroatoms. The van der Waals surface area contributed by atoms with E-state index in [1.807, 2.05) is 36.4 Å². The molecule has 98 valence electrons. The Balaban J connectivity index is 1.74. The van der Waals surface area contributed by atoms with E-state index < -0.39 is 0 Å². The van der Waals surface area contributed by atoms with Gasteiger partial charge in [0, 0.05) is 26.2 Å². The maximum atomic E-state index is 11.9. The number of amides is 1. The molecule has 3 rings (SSSR count). The molecule has 1 fully saturated rings. The van der Waals surface area contributed by atoms with Crippen molar-refractivity contribution in [3.8, 4) is 0 Å². The molecule has 2 heterocycles. The van der Waals surface area contributed by atoms with Crippen LogP contribution in [0, 0.1) is 0 Å². The van der Waals surface area contributed by atoms with Gasteiger partial charge in [-0.15, -0.1) is 0 Å². The Morgan fingerprint density at radius 2 is 1.95 bits per heavy atom. The number of aliphatic imine (C=N–C) groups is 1. The van der Waals surface area contributed by atoms with Crippen LogP contribution in [-0.4, -0.2) is 42.2 Å². The van der Waals surface area contributed by atoms with E-state index in [9.17, 15) is 4.79 Å². The first-order chi connectivity index (χ1) is 9.33. The smallest absolute Gasteiger partial charge is 0.286 e. The van der Waals surface area contributed by atoms with Crippen molar-refractivity contribution in [1.82, 2.24) is 10.2 Å². The summed E-state index contributed by atoms with van der Waals surface area (Å²) in [5, 5.41) is 4.14. The zero-order chi connectivity index (χ0) is 13.1.